The van der Waals surface area contributed by atoms with Gasteiger partial charge in [-0.2, -0.15) is 0 Å². The van der Waals surface area contributed by atoms with Crippen LogP contribution in [0.4, 0.5) is 0 Å². The third-order valence-corrected chi connectivity index (χ3v) is 6.20. The molecule has 118 valence electrons. The molecule has 2 aromatic carbocycles. The Labute approximate surface area is 150 Å². The predicted octanol–water partition coefficient (Wildman–Crippen LogP) is 4.29. The van der Waals surface area contributed by atoms with Gasteiger partial charge in [0.05, 0.1) is 45.1 Å². The van der Waals surface area contributed by atoms with Crippen molar-refractivity contribution >= 4 is 57.3 Å². The molecule has 3 nitrogen and oxygen atoms in total. The predicted molar refractivity (Wildman–Crippen MR) is 105 cm³/mol. The Kier molecular flexibility index (Phi) is 3.35. The molecule has 1 aromatic heterocycles. The van der Waals surface area contributed by atoms with Gasteiger partial charge in [-0.3, -0.25) is 2.78 Å². The number of rotatable bonds is 1. The van der Waals surface area contributed by atoms with Crippen LogP contribution < -0.4 is 5.46 Å². The average molecular weight is 419 g/mol. The van der Waals surface area contributed by atoms with Crippen molar-refractivity contribution in [2.75, 3.05) is 0 Å². The minimum atomic E-state index is -0.321. The van der Waals surface area contributed by atoms with E-state index >= 15 is 0 Å². The monoisotopic (exact) mass is 419 g/mol. The Hall–Kier alpha value is -1.05. The molecule has 1 saturated heterocycles. The van der Waals surface area contributed by atoms with Crippen LogP contribution in [-0.2, 0) is 9.31 Å². The lowest BCUT2D eigenvalue weighted by Crippen LogP contribution is -2.41. The van der Waals surface area contributed by atoms with Crippen LogP contribution in [0.5, 0.6) is 0 Å². The fourth-order valence-electron chi connectivity index (χ4n) is 3.07. The van der Waals surface area contributed by atoms with E-state index in [-0.39, 0.29) is 18.3 Å². The number of halogens is 1. The quantitative estimate of drug-likeness (QED) is 0.434. The normalized spacial score (nSPS) is 19.8. The lowest BCUT2D eigenvalue weighted by Gasteiger charge is -2.32. The highest BCUT2D eigenvalue weighted by Crippen LogP contribution is 2.37. The lowest BCUT2D eigenvalue weighted by atomic mass is 9.79. The second kappa shape index (κ2) is 4.97. The molecule has 3 aromatic rings. The number of hydrogen-bond donors (Lipinski definition) is 0. The minimum absolute atomic E-state index is 0.316. The Morgan fingerprint density at radius 2 is 1.48 bits per heavy atom. The summed E-state index contributed by atoms with van der Waals surface area (Å²) in [5, 5.41) is 2.53. The summed E-state index contributed by atoms with van der Waals surface area (Å²) < 4.78 is 14.6. The highest BCUT2D eigenvalue weighted by molar-refractivity contribution is 14.1. The molecular formula is C18H19BINO2. The Bertz CT molecular complexity index is 900. The van der Waals surface area contributed by atoms with Gasteiger partial charge in [0.2, 0.25) is 0 Å². The van der Waals surface area contributed by atoms with Crippen LogP contribution in [0, 0.1) is 0 Å². The van der Waals surface area contributed by atoms with E-state index in [0.29, 0.717) is 0 Å². The number of benzene rings is 2. The van der Waals surface area contributed by atoms with E-state index in [1.54, 1.807) is 0 Å². The molecule has 0 atom stereocenters. The summed E-state index contributed by atoms with van der Waals surface area (Å²) in [6.07, 6.45) is 0. The van der Waals surface area contributed by atoms with Gasteiger partial charge in [0.25, 0.3) is 0 Å². The molecule has 0 saturated carbocycles. The summed E-state index contributed by atoms with van der Waals surface area (Å²) in [4.78, 5) is 0. The van der Waals surface area contributed by atoms with E-state index in [2.05, 4.69) is 95.8 Å². The van der Waals surface area contributed by atoms with Crippen molar-refractivity contribution in [1.29, 1.82) is 0 Å². The van der Waals surface area contributed by atoms with Crippen molar-refractivity contribution in [1.82, 2.24) is 2.78 Å². The zero-order chi connectivity index (χ0) is 16.4. The molecule has 4 rings (SSSR count). The highest BCUT2D eigenvalue weighted by Gasteiger charge is 2.51. The largest absolute Gasteiger partial charge is 0.494 e. The molecule has 0 bridgehead atoms. The molecule has 1 fully saturated rings. The second-order valence-corrected chi connectivity index (χ2v) is 8.13. The summed E-state index contributed by atoms with van der Waals surface area (Å²) >= 11 is 2.36. The van der Waals surface area contributed by atoms with Crippen molar-refractivity contribution in [2.24, 2.45) is 0 Å². The number of aromatic nitrogens is 1. The average Bonchev–Trinajstić information content (AvgIpc) is 2.91. The smallest absolute Gasteiger partial charge is 0.399 e. The number of hydrogen-bond acceptors (Lipinski definition) is 2. The van der Waals surface area contributed by atoms with Crippen molar-refractivity contribution in [3.05, 3.63) is 42.5 Å². The maximum atomic E-state index is 6.18. The fourth-order valence-corrected chi connectivity index (χ4v) is 3.89. The van der Waals surface area contributed by atoms with Gasteiger partial charge in [0.1, 0.15) is 0 Å². The van der Waals surface area contributed by atoms with Crippen molar-refractivity contribution in [3.8, 4) is 0 Å². The first kappa shape index (κ1) is 15.5. The zero-order valence-electron chi connectivity index (χ0n) is 13.8. The van der Waals surface area contributed by atoms with Gasteiger partial charge < -0.3 is 9.31 Å². The molecular weight excluding hydrogens is 400 g/mol. The molecule has 1 aliphatic rings. The van der Waals surface area contributed by atoms with Crippen LogP contribution in [0.25, 0.3) is 21.8 Å². The van der Waals surface area contributed by atoms with Crippen LogP contribution in [0.3, 0.4) is 0 Å². The Balaban J connectivity index is 1.85. The first-order valence-corrected chi connectivity index (χ1v) is 8.81. The third kappa shape index (κ3) is 2.24. The van der Waals surface area contributed by atoms with Gasteiger partial charge in [-0.05, 0) is 45.3 Å². The summed E-state index contributed by atoms with van der Waals surface area (Å²) in [5.74, 6) is 0. The molecule has 0 amide bonds. The maximum absolute atomic E-state index is 6.18. The van der Waals surface area contributed by atoms with Crippen molar-refractivity contribution < 1.29 is 9.31 Å². The summed E-state index contributed by atoms with van der Waals surface area (Å²) in [5.41, 5.74) is 2.86. The first-order valence-electron chi connectivity index (χ1n) is 7.85. The van der Waals surface area contributed by atoms with Crippen LogP contribution in [0.2, 0.25) is 0 Å². The molecule has 0 radical (unpaired) electrons. The van der Waals surface area contributed by atoms with E-state index in [1.165, 1.54) is 21.8 Å². The Morgan fingerprint density at radius 1 is 0.870 bits per heavy atom. The van der Waals surface area contributed by atoms with Crippen LogP contribution in [0.15, 0.2) is 42.5 Å². The summed E-state index contributed by atoms with van der Waals surface area (Å²) in [7, 11) is -0.321. The molecule has 5 heteroatoms. The topological polar surface area (TPSA) is 23.4 Å². The van der Waals surface area contributed by atoms with Crippen LogP contribution in [-0.4, -0.2) is 21.1 Å². The number of para-hydroxylation sites is 1. The third-order valence-electron chi connectivity index (χ3n) is 5.16. The molecule has 2 heterocycles. The lowest BCUT2D eigenvalue weighted by molar-refractivity contribution is 0.00578. The van der Waals surface area contributed by atoms with Gasteiger partial charge >= 0.3 is 7.12 Å². The van der Waals surface area contributed by atoms with Gasteiger partial charge in [-0.1, -0.05) is 30.3 Å². The van der Waals surface area contributed by atoms with Crippen LogP contribution in [0.1, 0.15) is 27.7 Å². The van der Waals surface area contributed by atoms with Gasteiger partial charge in [-0.15, -0.1) is 0 Å². The molecule has 0 unspecified atom stereocenters. The number of nitrogens with zero attached hydrogens (tertiary/aromatic N) is 1. The van der Waals surface area contributed by atoms with E-state index in [9.17, 15) is 0 Å². The fraction of sp³-hybridized carbons (Fsp3) is 0.333. The standard InChI is InChI=1S/C18H19BINO2/c1-17(2)18(3,4)23-19(22-17)12-9-10-14-13-7-5-6-8-15(13)21(20)16(14)11-12/h5-11H,1-4H3. The van der Waals surface area contributed by atoms with E-state index in [1.807, 2.05) is 0 Å². The zero-order valence-corrected chi connectivity index (χ0v) is 15.9. The molecule has 23 heavy (non-hydrogen) atoms. The summed E-state index contributed by atoms with van der Waals surface area (Å²) in [6, 6.07) is 15.0. The molecule has 0 N–H and O–H groups in total. The van der Waals surface area contributed by atoms with Gasteiger partial charge in [0, 0.05) is 10.8 Å². The first-order chi connectivity index (χ1) is 10.8. The van der Waals surface area contributed by atoms with Crippen LogP contribution >= 0.6 is 22.9 Å². The molecule has 0 spiro atoms. The summed E-state index contributed by atoms with van der Waals surface area (Å²) in [6.45, 7) is 8.34. The maximum Gasteiger partial charge on any atom is 0.494 e. The van der Waals surface area contributed by atoms with E-state index in [0.717, 1.165) is 5.46 Å². The van der Waals surface area contributed by atoms with E-state index < -0.39 is 0 Å². The Morgan fingerprint density at radius 3 is 2.17 bits per heavy atom. The van der Waals surface area contributed by atoms with E-state index in [4.69, 9.17) is 9.31 Å². The number of fused-ring (bicyclic) bond motifs is 3. The highest BCUT2D eigenvalue weighted by atomic mass is 127. The second-order valence-electron chi connectivity index (χ2n) is 7.16. The van der Waals surface area contributed by atoms with Gasteiger partial charge in [-0.25, -0.2) is 0 Å². The SMILES string of the molecule is CC1(C)OB(c2ccc3c4ccccc4n(I)c3c2)OC1(C)C. The minimum Gasteiger partial charge on any atom is -0.399 e. The van der Waals surface area contributed by atoms with Crippen molar-refractivity contribution in [3.63, 3.8) is 0 Å². The van der Waals surface area contributed by atoms with Crippen molar-refractivity contribution in [2.45, 2.75) is 38.9 Å². The molecule has 1 aliphatic heterocycles. The van der Waals surface area contributed by atoms with Gasteiger partial charge in [0.15, 0.2) is 0 Å². The molecule has 0 aliphatic carbocycles.